The van der Waals surface area contributed by atoms with E-state index in [1.54, 1.807) is 13.2 Å². The van der Waals surface area contributed by atoms with Gasteiger partial charge in [0.15, 0.2) is 11.5 Å². The second kappa shape index (κ2) is 8.94. The van der Waals surface area contributed by atoms with E-state index >= 15 is 0 Å². The van der Waals surface area contributed by atoms with Gasteiger partial charge in [0.05, 0.1) is 13.2 Å². The minimum Gasteiger partial charge on any atom is -0.493 e. The molecule has 2 aromatic carbocycles. The third kappa shape index (κ3) is 5.55. The van der Waals surface area contributed by atoms with Gasteiger partial charge in [-0.2, -0.15) is 0 Å². The third-order valence-electron chi connectivity index (χ3n) is 3.63. The summed E-state index contributed by atoms with van der Waals surface area (Å²) in [4.78, 5) is 14.1. The lowest BCUT2D eigenvalue weighted by Crippen LogP contribution is -2.10. The van der Waals surface area contributed by atoms with Gasteiger partial charge in [-0.15, -0.1) is 0 Å². The molecular formula is C21H26N2O3. The number of amides is 1. The summed E-state index contributed by atoms with van der Waals surface area (Å²) in [5, 5.41) is 2.84. The summed E-state index contributed by atoms with van der Waals surface area (Å²) >= 11 is 0. The SMILES string of the molecule is COc1cc(/C=C/C(=O)Nc2ccc(N(C)C)cc2)ccc1OC(C)C. The number of hydrogen-bond donors (Lipinski definition) is 1. The van der Waals surface area contributed by atoms with E-state index in [9.17, 15) is 4.79 Å². The molecule has 2 rings (SSSR count). The van der Waals surface area contributed by atoms with Crippen LogP contribution in [-0.2, 0) is 4.79 Å². The Labute approximate surface area is 155 Å². The highest BCUT2D eigenvalue weighted by Gasteiger charge is 2.07. The van der Waals surface area contributed by atoms with Gasteiger partial charge in [0.25, 0.3) is 0 Å². The molecule has 0 saturated heterocycles. The van der Waals surface area contributed by atoms with Gasteiger partial charge in [0.2, 0.25) is 5.91 Å². The fraction of sp³-hybridized carbons (Fsp3) is 0.286. The molecule has 26 heavy (non-hydrogen) atoms. The van der Waals surface area contributed by atoms with Gasteiger partial charge in [0.1, 0.15) is 0 Å². The average molecular weight is 354 g/mol. The number of benzene rings is 2. The predicted molar refractivity (Wildman–Crippen MR) is 107 cm³/mol. The van der Waals surface area contributed by atoms with Crippen molar-refractivity contribution in [1.29, 1.82) is 0 Å². The van der Waals surface area contributed by atoms with Crippen LogP contribution < -0.4 is 19.7 Å². The van der Waals surface area contributed by atoms with Crippen molar-refractivity contribution in [2.45, 2.75) is 20.0 Å². The molecule has 5 nitrogen and oxygen atoms in total. The Kier molecular flexibility index (Phi) is 6.67. The summed E-state index contributed by atoms with van der Waals surface area (Å²) in [7, 11) is 5.55. The first kappa shape index (κ1) is 19.4. The first-order chi connectivity index (χ1) is 12.4. The van der Waals surface area contributed by atoms with E-state index in [-0.39, 0.29) is 12.0 Å². The Morgan fingerprint density at radius 3 is 2.35 bits per heavy atom. The van der Waals surface area contributed by atoms with Gasteiger partial charge in [-0.05, 0) is 61.9 Å². The maximum absolute atomic E-state index is 12.1. The molecule has 0 aliphatic rings. The molecule has 138 valence electrons. The molecule has 0 aromatic heterocycles. The van der Waals surface area contributed by atoms with Gasteiger partial charge in [-0.3, -0.25) is 4.79 Å². The molecule has 0 unspecified atom stereocenters. The summed E-state index contributed by atoms with van der Waals surface area (Å²) in [5.74, 6) is 1.13. The van der Waals surface area contributed by atoms with Crippen molar-refractivity contribution in [2.24, 2.45) is 0 Å². The number of nitrogens with one attached hydrogen (secondary N) is 1. The van der Waals surface area contributed by atoms with E-state index in [1.165, 1.54) is 6.08 Å². The van der Waals surface area contributed by atoms with Crippen molar-refractivity contribution in [2.75, 3.05) is 31.4 Å². The van der Waals surface area contributed by atoms with Gasteiger partial charge in [0, 0.05) is 31.5 Å². The molecular weight excluding hydrogens is 328 g/mol. The molecule has 0 fully saturated rings. The van der Waals surface area contributed by atoms with Crippen molar-refractivity contribution in [3.8, 4) is 11.5 Å². The number of rotatable bonds is 7. The number of nitrogens with zero attached hydrogens (tertiary/aromatic N) is 1. The fourth-order valence-electron chi connectivity index (χ4n) is 2.34. The number of methoxy groups -OCH3 is 1. The first-order valence-corrected chi connectivity index (χ1v) is 8.50. The van der Waals surface area contributed by atoms with E-state index in [0.29, 0.717) is 11.5 Å². The van der Waals surface area contributed by atoms with Crippen molar-refractivity contribution in [1.82, 2.24) is 0 Å². The Balaban J connectivity index is 2.03. The van der Waals surface area contributed by atoms with E-state index in [1.807, 2.05) is 75.3 Å². The van der Waals surface area contributed by atoms with Crippen LogP contribution in [0.1, 0.15) is 19.4 Å². The molecule has 0 aliphatic carbocycles. The fourth-order valence-corrected chi connectivity index (χ4v) is 2.34. The van der Waals surface area contributed by atoms with Crippen molar-refractivity contribution >= 4 is 23.4 Å². The van der Waals surface area contributed by atoms with Crippen molar-refractivity contribution in [3.63, 3.8) is 0 Å². The summed E-state index contributed by atoms with van der Waals surface area (Å²) in [6.45, 7) is 3.92. The molecule has 5 heteroatoms. The smallest absolute Gasteiger partial charge is 0.248 e. The molecule has 1 N–H and O–H groups in total. The molecule has 0 aliphatic heterocycles. The number of carbonyl (C=O) groups excluding carboxylic acids is 1. The van der Waals surface area contributed by atoms with Crippen LogP contribution in [-0.4, -0.2) is 33.2 Å². The maximum atomic E-state index is 12.1. The molecule has 0 radical (unpaired) electrons. The zero-order chi connectivity index (χ0) is 19.1. The summed E-state index contributed by atoms with van der Waals surface area (Å²) in [5.41, 5.74) is 2.69. The number of hydrogen-bond acceptors (Lipinski definition) is 4. The van der Waals surface area contributed by atoms with E-state index in [0.717, 1.165) is 16.9 Å². The highest BCUT2D eigenvalue weighted by molar-refractivity contribution is 6.02. The van der Waals surface area contributed by atoms with Crippen LogP contribution in [0.2, 0.25) is 0 Å². The Morgan fingerprint density at radius 2 is 1.77 bits per heavy atom. The Bertz CT molecular complexity index is 765. The van der Waals surface area contributed by atoms with Crippen LogP contribution in [0.15, 0.2) is 48.5 Å². The number of carbonyl (C=O) groups is 1. The second-order valence-corrected chi connectivity index (χ2v) is 6.34. The van der Waals surface area contributed by atoms with E-state index in [2.05, 4.69) is 5.32 Å². The number of anilines is 2. The van der Waals surface area contributed by atoms with Crippen LogP contribution >= 0.6 is 0 Å². The summed E-state index contributed by atoms with van der Waals surface area (Å²) < 4.78 is 11.0. The first-order valence-electron chi connectivity index (χ1n) is 8.50. The highest BCUT2D eigenvalue weighted by Crippen LogP contribution is 2.29. The average Bonchev–Trinajstić information content (AvgIpc) is 2.60. The number of ether oxygens (including phenoxy) is 2. The molecule has 0 saturated carbocycles. The van der Waals surface area contributed by atoms with Crippen LogP contribution in [0.4, 0.5) is 11.4 Å². The van der Waals surface area contributed by atoms with Crippen LogP contribution in [0.25, 0.3) is 6.08 Å². The zero-order valence-electron chi connectivity index (χ0n) is 15.9. The molecule has 1 amide bonds. The molecule has 2 aromatic rings. The lowest BCUT2D eigenvalue weighted by Gasteiger charge is -2.13. The van der Waals surface area contributed by atoms with Gasteiger partial charge < -0.3 is 19.7 Å². The topological polar surface area (TPSA) is 50.8 Å². The van der Waals surface area contributed by atoms with Crippen LogP contribution in [0.5, 0.6) is 11.5 Å². The zero-order valence-corrected chi connectivity index (χ0v) is 15.9. The minimum absolute atomic E-state index is 0.0648. The molecule has 0 heterocycles. The molecule has 0 bridgehead atoms. The van der Waals surface area contributed by atoms with E-state index in [4.69, 9.17) is 9.47 Å². The third-order valence-corrected chi connectivity index (χ3v) is 3.63. The lowest BCUT2D eigenvalue weighted by molar-refractivity contribution is -0.111. The lowest BCUT2D eigenvalue weighted by atomic mass is 10.2. The Morgan fingerprint density at radius 1 is 1.08 bits per heavy atom. The van der Waals surface area contributed by atoms with Gasteiger partial charge in [-0.1, -0.05) is 6.07 Å². The highest BCUT2D eigenvalue weighted by atomic mass is 16.5. The van der Waals surface area contributed by atoms with Crippen LogP contribution in [0.3, 0.4) is 0 Å². The molecule has 0 atom stereocenters. The normalized spacial score (nSPS) is 10.8. The van der Waals surface area contributed by atoms with Gasteiger partial charge in [-0.25, -0.2) is 0 Å². The van der Waals surface area contributed by atoms with Crippen molar-refractivity contribution in [3.05, 3.63) is 54.1 Å². The molecule has 0 spiro atoms. The maximum Gasteiger partial charge on any atom is 0.248 e. The van der Waals surface area contributed by atoms with Crippen LogP contribution in [0, 0.1) is 0 Å². The van der Waals surface area contributed by atoms with Crippen molar-refractivity contribution < 1.29 is 14.3 Å². The summed E-state index contributed by atoms with van der Waals surface area (Å²) in [6, 6.07) is 13.2. The standard InChI is InChI=1S/C21H26N2O3/c1-15(2)26-19-12-6-16(14-20(19)25-5)7-13-21(24)22-17-8-10-18(11-9-17)23(3)4/h6-15H,1-5H3,(H,22,24)/b13-7+. The largest absolute Gasteiger partial charge is 0.493 e. The Hall–Kier alpha value is -2.95. The minimum atomic E-state index is -0.191. The van der Waals surface area contributed by atoms with Gasteiger partial charge >= 0.3 is 0 Å². The second-order valence-electron chi connectivity index (χ2n) is 6.34. The predicted octanol–water partition coefficient (Wildman–Crippen LogP) is 4.20. The quantitative estimate of drug-likeness (QED) is 0.757. The summed E-state index contributed by atoms with van der Waals surface area (Å²) in [6.07, 6.45) is 3.30. The monoisotopic (exact) mass is 354 g/mol. The van der Waals surface area contributed by atoms with E-state index < -0.39 is 0 Å².